The number of aliphatic hydroxyl groups excluding tert-OH is 2. The van der Waals surface area contributed by atoms with Crippen molar-refractivity contribution in [1.29, 1.82) is 0 Å². The van der Waals surface area contributed by atoms with E-state index < -0.39 is 18.0 Å². The molecular formula is C17H19N3O5S. The first-order chi connectivity index (χ1) is 12.3. The third kappa shape index (κ3) is 2.04. The van der Waals surface area contributed by atoms with E-state index in [0.29, 0.717) is 16.3 Å². The highest BCUT2D eigenvalue weighted by Gasteiger charge is 2.59. The molecule has 0 spiro atoms. The molecule has 2 aliphatic heterocycles. The number of carbonyl (C=O) groups is 2. The molecule has 4 atom stereocenters. The molecule has 0 radical (unpaired) electrons. The van der Waals surface area contributed by atoms with Gasteiger partial charge in [-0.2, -0.15) is 4.40 Å². The van der Waals surface area contributed by atoms with Crippen LogP contribution in [0.4, 0.5) is 0 Å². The van der Waals surface area contributed by atoms with Crippen LogP contribution in [0.1, 0.15) is 24.5 Å². The Hall–Kier alpha value is -2.23. The van der Waals surface area contributed by atoms with Crippen molar-refractivity contribution in [3.63, 3.8) is 0 Å². The molecule has 9 heteroatoms. The number of aliphatic hydroxyl groups is 2. The number of β-lactam (4-membered cyclic amide) rings is 1. The van der Waals surface area contributed by atoms with E-state index in [-0.39, 0.29) is 30.2 Å². The van der Waals surface area contributed by atoms with Crippen LogP contribution in [0, 0.1) is 11.8 Å². The quantitative estimate of drug-likeness (QED) is 0.505. The van der Waals surface area contributed by atoms with Gasteiger partial charge in [-0.25, -0.2) is 4.57 Å². The summed E-state index contributed by atoms with van der Waals surface area (Å²) >= 11 is 1.39. The molecule has 26 heavy (non-hydrogen) atoms. The van der Waals surface area contributed by atoms with Crippen LogP contribution >= 0.6 is 11.3 Å². The lowest BCUT2D eigenvalue weighted by atomic mass is 9.77. The number of imidazole rings is 1. The van der Waals surface area contributed by atoms with Crippen molar-refractivity contribution in [3.8, 4) is 0 Å². The van der Waals surface area contributed by atoms with Gasteiger partial charge in [0.25, 0.3) is 5.82 Å². The van der Waals surface area contributed by atoms with Gasteiger partial charge in [-0.1, -0.05) is 18.3 Å². The lowest BCUT2D eigenvalue weighted by Crippen LogP contribution is -2.64. The Morgan fingerprint density at radius 3 is 2.77 bits per heavy atom. The highest BCUT2D eigenvalue weighted by Crippen LogP contribution is 2.50. The van der Waals surface area contributed by atoms with Gasteiger partial charge in [-0.3, -0.25) is 4.79 Å². The summed E-state index contributed by atoms with van der Waals surface area (Å²) in [7, 11) is 1.83. The van der Waals surface area contributed by atoms with E-state index in [1.165, 1.54) is 16.2 Å². The molecule has 138 valence electrons. The van der Waals surface area contributed by atoms with Crippen molar-refractivity contribution in [2.24, 2.45) is 18.9 Å². The average Bonchev–Trinajstić information content (AvgIpc) is 3.14. The number of nitrogens with zero attached hydrogens (tertiary/aromatic N) is 3. The number of carboxylic acid groups (broad SMARTS) is 1. The van der Waals surface area contributed by atoms with E-state index in [1.807, 2.05) is 29.1 Å². The van der Waals surface area contributed by atoms with Crippen LogP contribution in [0.2, 0.25) is 0 Å². The fourth-order valence-corrected chi connectivity index (χ4v) is 5.51. The highest BCUT2D eigenvalue weighted by atomic mass is 32.1. The molecule has 8 nitrogen and oxygen atoms in total. The normalized spacial score (nSPS) is 26.4. The van der Waals surface area contributed by atoms with Gasteiger partial charge in [-0.15, -0.1) is 0 Å². The average molecular weight is 377 g/mol. The van der Waals surface area contributed by atoms with Gasteiger partial charge in [0.15, 0.2) is 0 Å². The number of aryl methyl sites for hydroxylation is 1. The van der Waals surface area contributed by atoms with Crippen molar-refractivity contribution < 1.29 is 29.3 Å². The van der Waals surface area contributed by atoms with Crippen molar-refractivity contribution in [1.82, 2.24) is 9.47 Å². The van der Waals surface area contributed by atoms with Crippen LogP contribution in [0.5, 0.6) is 0 Å². The van der Waals surface area contributed by atoms with Crippen molar-refractivity contribution in [2.75, 3.05) is 0 Å². The third-order valence-corrected chi connectivity index (χ3v) is 6.52. The Bertz CT molecular complexity index is 973. The van der Waals surface area contributed by atoms with Crippen LogP contribution in [0.15, 0.2) is 18.1 Å². The smallest absolute Gasteiger partial charge is 0.288 e. The van der Waals surface area contributed by atoms with Gasteiger partial charge in [0.1, 0.15) is 19.0 Å². The number of rotatable bonds is 4. The van der Waals surface area contributed by atoms with E-state index in [4.69, 9.17) is 0 Å². The number of hydrogen-bond donors (Lipinski definition) is 2. The molecule has 0 bridgehead atoms. The second-order valence-electron chi connectivity index (χ2n) is 6.92. The molecule has 0 aromatic carbocycles. The molecule has 0 saturated carbocycles. The van der Waals surface area contributed by atoms with Gasteiger partial charge >= 0.3 is 0 Å². The van der Waals surface area contributed by atoms with Crippen LogP contribution in [0.25, 0.3) is 10.4 Å². The minimum absolute atomic E-state index is 0.108. The van der Waals surface area contributed by atoms with Crippen molar-refractivity contribution in [2.45, 2.75) is 32.6 Å². The van der Waals surface area contributed by atoms with Gasteiger partial charge in [-0.05, 0) is 6.92 Å². The number of carboxylic acids is 1. The Morgan fingerprint density at radius 2 is 2.19 bits per heavy atom. The van der Waals surface area contributed by atoms with Crippen LogP contribution in [-0.4, -0.2) is 43.7 Å². The maximum Gasteiger partial charge on any atom is 0.288 e. The molecule has 2 aromatic heterocycles. The minimum atomic E-state index is -1.39. The van der Waals surface area contributed by atoms with Gasteiger partial charge in [0.2, 0.25) is 10.7 Å². The van der Waals surface area contributed by atoms with E-state index in [2.05, 4.69) is 0 Å². The second-order valence-corrected chi connectivity index (χ2v) is 7.98. The SMILES string of the molecule is C[C@@H](O)[C@H]1C(=O)N2C(C(=O)[O-])=C(c3c[n+]4c(CO)n(C)cc4s3)[C@H](C)[C@H]12. The zero-order valence-corrected chi connectivity index (χ0v) is 15.4. The highest BCUT2D eigenvalue weighted by molar-refractivity contribution is 7.17. The van der Waals surface area contributed by atoms with E-state index >= 15 is 0 Å². The summed E-state index contributed by atoms with van der Waals surface area (Å²) in [6, 6.07) is -0.375. The van der Waals surface area contributed by atoms with Gasteiger partial charge < -0.3 is 25.0 Å². The number of thiazole rings is 1. The molecule has 0 aliphatic carbocycles. The molecule has 1 fully saturated rings. The largest absolute Gasteiger partial charge is 0.543 e. The Kier molecular flexibility index (Phi) is 3.73. The van der Waals surface area contributed by atoms with Crippen molar-refractivity contribution in [3.05, 3.63) is 28.8 Å². The standard InChI is InChI=1S/C17H19N3O5S/c1-7-12(9-4-19-10(6-21)18(3)5-11(19)26-9)15(17(24)25)20-14(7)13(8(2)22)16(20)23/h4-5,7-8,13-14,21-22H,6H2,1-3H3/t7-,8+,13+,14+/m0/s1. The molecule has 2 aromatic rings. The zero-order chi connectivity index (χ0) is 18.9. The fourth-order valence-electron chi connectivity index (χ4n) is 4.26. The summed E-state index contributed by atoms with van der Waals surface area (Å²) in [5, 5.41) is 31.3. The molecule has 4 rings (SSSR count). The molecule has 2 aliphatic rings. The zero-order valence-electron chi connectivity index (χ0n) is 14.5. The maximum absolute atomic E-state index is 12.4. The second kappa shape index (κ2) is 5.63. The first kappa shape index (κ1) is 17.2. The van der Waals surface area contributed by atoms with Gasteiger partial charge in [0.05, 0.1) is 41.7 Å². The lowest BCUT2D eigenvalue weighted by molar-refractivity contribution is -0.521. The molecule has 1 saturated heterocycles. The predicted molar refractivity (Wildman–Crippen MR) is 89.3 cm³/mol. The summed E-state index contributed by atoms with van der Waals surface area (Å²) < 4.78 is 3.62. The lowest BCUT2D eigenvalue weighted by Gasteiger charge is -2.47. The Labute approximate surface area is 153 Å². The Morgan fingerprint density at radius 1 is 1.50 bits per heavy atom. The summed E-state index contributed by atoms with van der Waals surface area (Å²) in [4.78, 5) is 27.0. The minimum Gasteiger partial charge on any atom is -0.543 e. The molecule has 0 unspecified atom stereocenters. The molecule has 4 heterocycles. The van der Waals surface area contributed by atoms with Gasteiger partial charge in [0, 0.05) is 11.5 Å². The molecule has 2 N–H and O–H groups in total. The van der Waals surface area contributed by atoms with E-state index in [9.17, 15) is 24.9 Å². The Balaban J connectivity index is 1.86. The monoisotopic (exact) mass is 377 g/mol. The number of amides is 1. The number of hydrogen-bond acceptors (Lipinski definition) is 6. The predicted octanol–water partition coefficient (Wildman–Crippen LogP) is -1.36. The summed E-state index contributed by atoms with van der Waals surface area (Å²) in [5.74, 6) is -1.94. The number of aromatic nitrogens is 2. The summed E-state index contributed by atoms with van der Waals surface area (Å²) in [5.41, 5.74) is 0.440. The van der Waals surface area contributed by atoms with E-state index in [1.54, 1.807) is 13.1 Å². The topological polar surface area (TPSA) is 110 Å². The van der Waals surface area contributed by atoms with Crippen LogP contribution < -0.4 is 9.51 Å². The van der Waals surface area contributed by atoms with Crippen molar-refractivity contribution >= 4 is 33.6 Å². The molecule has 1 amide bonds. The summed E-state index contributed by atoms with van der Waals surface area (Å²) in [6.07, 6.45) is 2.80. The molecular weight excluding hydrogens is 358 g/mol. The number of fused-ring (bicyclic) bond motifs is 2. The number of carbonyl (C=O) groups excluding carboxylic acids is 2. The maximum atomic E-state index is 12.4. The summed E-state index contributed by atoms with van der Waals surface area (Å²) in [6.45, 7) is 3.26. The first-order valence-corrected chi connectivity index (χ1v) is 9.16. The first-order valence-electron chi connectivity index (χ1n) is 8.35. The third-order valence-electron chi connectivity index (χ3n) is 5.46. The fraction of sp³-hybridized carbons (Fsp3) is 0.471. The van der Waals surface area contributed by atoms with E-state index in [0.717, 1.165) is 4.83 Å². The van der Waals surface area contributed by atoms with Crippen LogP contribution in [-0.2, 0) is 23.2 Å². The number of aliphatic carboxylic acids is 1. The van der Waals surface area contributed by atoms with Crippen LogP contribution in [0.3, 0.4) is 0 Å².